The molecule has 0 bridgehead atoms. The molecule has 1 atom stereocenters. The van der Waals surface area contributed by atoms with Crippen LogP contribution in [0.4, 0.5) is 5.69 Å². The molecule has 0 amide bonds. The van der Waals surface area contributed by atoms with Gasteiger partial charge in [-0.1, -0.05) is 28.1 Å². The average molecular weight is 344 g/mol. The van der Waals surface area contributed by atoms with Gasteiger partial charge in [-0.25, -0.2) is 0 Å². The maximum atomic E-state index is 6.14. The molecule has 106 valence electrons. The van der Waals surface area contributed by atoms with Gasteiger partial charge in [0.05, 0.1) is 12.2 Å². The summed E-state index contributed by atoms with van der Waals surface area (Å²) in [6.45, 7) is 2.76. The first-order valence-electron chi connectivity index (χ1n) is 6.90. The van der Waals surface area contributed by atoms with Crippen molar-refractivity contribution in [3.63, 3.8) is 0 Å². The van der Waals surface area contributed by atoms with Crippen molar-refractivity contribution in [1.82, 2.24) is 0 Å². The van der Waals surface area contributed by atoms with Gasteiger partial charge in [-0.3, -0.25) is 0 Å². The Morgan fingerprint density at radius 3 is 3.00 bits per heavy atom. The number of halogens is 1. The molecule has 2 heterocycles. The van der Waals surface area contributed by atoms with Crippen LogP contribution in [0, 0.1) is 6.92 Å². The molecule has 0 spiro atoms. The highest BCUT2D eigenvalue weighted by atomic mass is 79.9. The molecular weight excluding hydrogens is 330 g/mol. The third-order valence-electron chi connectivity index (χ3n) is 3.76. The lowest BCUT2D eigenvalue weighted by Crippen LogP contribution is -2.23. The standard InChI is InChI=1S/C17H14BrNO2/c1-10-3-2-4-13-17(10)21-16(9-19-13)15-8-11-7-12(18)5-6-14(11)20-15/h2-8,16,19H,9H2,1H3. The van der Waals surface area contributed by atoms with Crippen molar-refractivity contribution in [3.8, 4) is 5.75 Å². The third-order valence-corrected chi connectivity index (χ3v) is 4.26. The largest absolute Gasteiger partial charge is 0.478 e. The number of hydrogen-bond acceptors (Lipinski definition) is 3. The van der Waals surface area contributed by atoms with Crippen molar-refractivity contribution in [2.75, 3.05) is 11.9 Å². The molecule has 1 N–H and O–H groups in total. The molecule has 1 aliphatic rings. The van der Waals surface area contributed by atoms with Crippen LogP contribution in [0.15, 0.2) is 51.4 Å². The molecule has 3 aromatic rings. The molecule has 2 aromatic carbocycles. The fraction of sp³-hybridized carbons (Fsp3) is 0.176. The third kappa shape index (κ3) is 2.20. The minimum Gasteiger partial charge on any atom is -0.478 e. The van der Waals surface area contributed by atoms with E-state index in [1.807, 2.05) is 24.3 Å². The van der Waals surface area contributed by atoms with Gasteiger partial charge in [-0.2, -0.15) is 0 Å². The molecule has 1 aliphatic heterocycles. The number of benzene rings is 2. The Hall–Kier alpha value is -1.94. The summed E-state index contributed by atoms with van der Waals surface area (Å²) < 4.78 is 13.1. The number of fused-ring (bicyclic) bond motifs is 2. The molecule has 4 rings (SSSR count). The summed E-state index contributed by atoms with van der Waals surface area (Å²) in [7, 11) is 0. The second-order valence-corrected chi connectivity index (χ2v) is 6.19. The molecule has 0 fully saturated rings. The second-order valence-electron chi connectivity index (χ2n) is 5.27. The van der Waals surface area contributed by atoms with Gasteiger partial charge in [0.2, 0.25) is 0 Å². The van der Waals surface area contributed by atoms with Gasteiger partial charge in [0.1, 0.15) is 17.1 Å². The van der Waals surface area contributed by atoms with E-state index >= 15 is 0 Å². The van der Waals surface area contributed by atoms with Gasteiger partial charge < -0.3 is 14.5 Å². The van der Waals surface area contributed by atoms with Crippen LogP contribution in [0.2, 0.25) is 0 Å². The second kappa shape index (κ2) is 4.81. The van der Waals surface area contributed by atoms with Crippen molar-refractivity contribution in [2.45, 2.75) is 13.0 Å². The number of hydrogen-bond donors (Lipinski definition) is 1. The first-order valence-corrected chi connectivity index (χ1v) is 7.69. The van der Waals surface area contributed by atoms with Gasteiger partial charge in [-0.05, 0) is 42.8 Å². The first-order chi connectivity index (χ1) is 10.2. The number of furan rings is 1. The molecule has 4 heteroatoms. The number of anilines is 1. The van der Waals surface area contributed by atoms with Crippen molar-refractivity contribution >= 4 is 32.6 Å². The lowest BCUT2D eigenvalue weighted by atomic mass is 10.1. The molecule has 0 aliphatic carbocycles. The Balaban J connectivity index is 1.72. The Labute approximate surface area is 131 Å². The quantitative estimate of drug-likeness (QED) is 0.671. The monoisotopic (exact) mass is 343 g/mol. The van der Waals surface area contributed by atoms with E-state index in [1.54, 1.807) is 0 Å². The maximum absolute atomic E-state index is 6.14. The van der Waals surface area contributed by atoms with E-state index in [4.69, 9.17) is 9.15 Å². The highest BCUT2D eigenvalue weighted by Crippen LogP contribution is 2.38. The van der Waals surface area contributed by atoms with E-state index in [0.29, 0.717) is 6.54 Å². The fourth-order valence-electron chi connectivity index (χ4n) is 2.69. The molecule has 0 saturated carbocycles. The Morgan fingerprint density at radius 1 is 1.19 bits per heavy atom. The number of nitrogens with one attached hydrogen (secondary N) is 1. The summed E-state index contributed by atoms with van der Waals surface area (Å²) in [6.07, 6.45) is -0.107. The van der Waals surface area contributed by atoms with Crippen LogP contribution < -0.4 is 10.1 Å². The lowest BCUT2D eigenvalue weighted by Gasteiger charge is -2.27. The zero-order valence-electron chi connectivity index (χ0n) is 11.5. The molecule has 3 nitrogen and oxygen atoms in total. The minimum atomic E-state index is -0.107. The van der Waals surface area contributed by atoms with Gasteiger partial charge >= 0.3 is 0 Å². The lowest BCUT2D eigenvalue weighted by molar-refractivity contribution is 0.182. The number of para-hydroxylation sites is 1. The van der Waals surface area contributed by atoms with Crippen LogP contribution in [0.5, 0.6) is 5.75 Å². The summed E-state index contributed by atoms with van der Waals surface area (Å²) in [5, 5.41) is 4.50. The van der Waals surface area contributed by atoms with Gasteiger partial charge in [0, 0.05) is 9.86 Å². The van der Waals surface area contributed by atoms with Crippen molar-refractivity contribution in [1.29, 1.82) is 0 Å². The normalized spacial score (nSPS) is 17.1. The summed E-state index contributed by atoms with van der Waals surface area (Å²) in [6, 6.07) is 14.2. The Bertz CT molecular complexity index is 825. The molecular formula is C17H14BrNO2. The van der Waals surface area contributed by atoms with E-state index in [9.17, 15) is 0 Å². The summed E-state index contributed by atoms with van der Waals surface area (Å²) in [5.41, 5.74) is 3.06. The van der Waals surface area contributed by atoms with E-state index in [2.05, 4.69) is 46.4 Å². The predicted octanol–water partition coefficient (Wildman–Crippen LogP) is 5.05. The molecule has 21 heavy (non-hydrogen) atoms. The van der Waals surface area contributed by atoms with Crippen LogP contribution >= 0.6 is 15.9 Å². The smallest absolute Gasteiger partial charge is 0.173 e. The number of aryl methyl sites for hydroxylation is 1. The van der Waals surface area contributed by atoms with Crippen LogP contribution in [0.1, 0.15) is 17.4 Å². The van der Waals surface area contributed by atoms with Gasteiger partial charge in [-0.15, -0.1) is 0 Å². The number of rotatable bonds is 1. The minimum absolute atomic E-state index is 0.107. The average Bonchev–Trinajstić information content (AvgIpc) is 2.90. The van der Waals surface area contributed by atoms with Crippen LogP contribution in [0.3, 0.4) is 0 Å². The maximum Gasteiger partial charge on any atom is 0.173 e. The highest BCUT2D eigenvalue weighted by molar-refractivity contribution is 9.10. The SMILES string of the molecule is Cc1cccc2c1OC(c1cc3cc(Br)ccc3o1)CN2. The van der Waals surface area contributed by atoms with E-state index < -0.39 is 0 Å². The predicted molar refractivity (Wildman–Crippen MR) is 87.0 cm³/mol. The van der Waals surface area contributed by atoms with Crippen LogP contribution in [-0.4, -0.2) is 6.54 Å². The molecule has 1 unspecified atom stereocenters. The summed E-state index contributed by atoms with van der Waals surface area (Å²) >= 11 is 3.48. The van der Waals surface area contributed by atoms with Crippen molar-refractivity contribution in [3.05, 3.63) is 58.3 Å². The highest BCUT2D eigenvalue weighted by Gasteiger charge is 2.25. The zero-order chi connectivity index (χ0) is 14.4. The molecule has 0 radical (unpaired) electrons. The Morgan fingerprint density at radius 2 is 2.10 bits per heavy atom. The van der Waals surface area contributed by atoms with E-state index in [1.165, 1.54) is 0 Å². The summed E-state index contributed by atoms with van der Waals surface area (Å²) in [5.74, 6) is 1.76. The zero-order valence-corrected chi connectivity index (χ0v) is 13.1. The molecule has 1 aromatic heterocycles. The van der Waals surface area contributed by atoms with Crippen molar-refractivity contribution < 1.29 is 9.15 Å². The van der Waals surface area contributed by atoms with Gasteiger partial charge in [0.25, 0.3) is 0 Å². The topological polar surface area (TPSA) is 34.4 Å². The van der Waals surface area contributed by atoms with Crippen molar-refractivity contribution in [2.24, 2.45) is 0 Å². The van der Waals surface area contributed by atoms with E-state index in [0.717, 1.165) is 38.2 Å². The fourth-order valence-corrected chi connectivity index (χ4v) is 3.07. The van der Waals surface area contributed by atoms with Crippen LogP contribution in [0.25, 0.3) is 11.0 Å². The van der Waals surface area contributed by atoms with Gasteiger partial charge in [0.15, 0.2) is 6.10 Å². The number of ether oxygens (including phenoxy) is 1. The Kier molecular flexibility index (Phi) is 2.93. The first kappa shape index (κ1) is 12.8. The van der Waals surface area contributed by atoms with E-state index in [-0.39, 0.29) is 6.10 Å². The van der Waals surface area contributed by atoms with Crippen LogP contribution in [-0.2, 0) is 0 Å². The molecule has 0 saturated heterocycles. The summed E-state index contributed by atoms with van der Waals surface area (Å²) in [4.78, 5) is 0.